The number of nitro groups is 1. The molecule has 1 atom stereocenters. The number of rotatable bonds is 6. The van der Waals surface area contributed by atoms with Gasteiger partial charge in [0, 0.05) is 11.6 Å². The molecule has 0 aliphatic heterocycles. The molecule has 8 nitrogen and oxygen atoms in total. The van der Waals surface area contributed by atoms with Crippen LogP contribution in [-0.4, -0.2) is 28.5 Å². The number of hydrogen-bond donors (Lipinski definition) is 3. The Bertz CT molecular complexity index is 544. The molecule has 0 spiro atoms. The molecule has 0 saturated carbocycles. The monoisotopic (exact) mass is 281 g/mol. The van der Waals surface area contributed by atoms with Gasteiger partial charge in [0.1, 0.15) is 0 Å². The summed E-state index contributed by atoms with van der Waals surface area (Å²) in [5.41, 5.74) is 5.85. The SMILES string of the molecule is Cc1ccc(C(CC(=O)O)NC(=O)CN)cc1[N+](=O)[O-]. The van der Waals surface area contributed by atoms with Gasteiger partial charge in [-0.15, -0.1) is 0 Å². The van der Waals surface area contributed by atoms with Crippen LogP contribution in [0, 0.1) is 17.0 Å². The van der Waals surface area contributed by atoms with Gasteiger partial charge in [-0.2, -0.15) is 0 Å². The molecule has 1 amide bonds. The number of benzene rings is 1. The second kappa shape index (κ2) is 6.62. The lowest BCUT2D eigenvalue weighted by atomic mass is 10.0. The number of amides is 1. The maximum atomic E-state index is 11.3. The van der Waals surface area contributed by atoms with Crippen LogP contribution in [0.3, 0.4) is 0 Å². The van der Waals surface area contributed by atoms with E-state index in [2.05, 4.69) is 5.32 Å². The molecule has 108 valence electrons. The molecule has 1 aromatic carbocycles. The van der Waals surface area contributed by atoms with Crippen molar-refractivity contribution in [1.82, 2.24) is 5.32 Å². The second-order valence-electron chi connectivity index (χ2n) is 4.23. The summed E-state index contributed by atoms with van der Waals surface area (Å²) < 4.78 is 0. The molecule has 0 radical (unpaired) electrons. The molecule has 20 heavy (non-hydrogen) atoms. The van der Waals surface area contributed by atoms with Gasteiger partial charge in [0.15, 0.2) is 0 Å². The number of aryl methyl sites for hydroxylation is 1. The van der Waals surface area contributed by atoms with Gasteiger partial charge in [-0.05, 0) is 12.5 Å². The highest BCUT2D eigenvalue weighted by molar-refractivity contribution is 5.79. The summed E-state index contributed by atoms with van der Waals surface area (Å²) in [7, 11) is 0. The normalized spacial score (nSPS) is 11.7. The molecule has 8 heteroatoms. The van der Waals surface area contributed by atoms with Gasteiger partial charge < -0.3 is 16.2 Å². The van der Waals surface area contributed by atoms with Crippen molar-refractivity contribution in [1.29, 1.82) is 0 Å². The Morgan fingerprint density at radius 3 is 2.65 bits per heavy atom. The molecule has 0 aliphatic rings. The van der Waals surface area contributed by atoms with Crippen LogP contribution in [0.5, 0.6) is 0 Å². The van der Waals surface area contributed by atoms with Crippen molar-refractivity contribution in [2.45, 2.75) is 19.4 Å². The van der Waals surface area contributed by atoms with Crippen molar-refractivity contribution in [3.8, 4) is 0 Å². The molecule has 4 N–H and O–H groups in total. The van der Waals surface area contributed by atoms with E-state index in [9.17, 15) is 19.7 Å². The highest BCUT2D eigenvalue weighted by atomic mass is 16.6. The third-order valence-electron chi connectivity index (χ3n) is 2.73. The summed E-state index contributed by atoms with van der Waals surface area (Å²) in [5, 5.41) is 22.2. The number of aliphatic carboxylic acids is 1. The highest BCUT2D eigenvalue weighted by Gasteiger charge is 2.21. The summed E-state index contributed by atoms with van der Waals surface area (Å²) in [6.45, 7) is 1.29. The maximum Gasteiger partial charge on any atom is 0.305 e. The number of nitrogens with one attached hydrogen (secondary N) is 1. The Hall–Kier alpha value is -2.48. The van der Waals surface area contributed by atoms with Crippen molar-refractivity contribution in [3.05, 3.63) is 39.4 Å². The Balaban J connectivity index is 3.12. The van der Waals surface area contributed by atoms with E-state index in [1.165, 1.54) is 12.1 Å². The van der Waals surface area contributed by atoms with Crippen molar-refractivity contribution in [3.63, 3.8) is 0 Å². The lowest BCUT2D eigenvalue weighted by molar-refractivity contribution is -0.385. The van der Waals surface area contributed by atoms with Crippen molar-refractivity contribution >= 4 is 17.6 Å². The molecule has 1 rings (SSSR count). The third-order valence-corrected chi connectivity index (χ3v) is 2.73. The zero-order valence-electron chi connectivity index (χ0n) is 10.8. The minimum absolute atomic E-state index is 0.125. The Morgan fingerprint density at radius 2 is 2.15 bits per heavy atom. The smallest absolute Gasteiger partial charge is 0.305 e. The highest BCUT2D eigenvalue weighted by Crippen LogP contribution is 2.25. The van der Waals surface area contributed by atoms with Crippen LogP contribution in [0.1, 0.15) is 23.6 Å². The Kier molecular flexibility index (Phi) is 5.15. The van der Waals surface area contributed by atoms with Crippen LogP contribution in [0.25, 0.3) is 0 Å². The van der Waals surface area contributed by atoms with Crippen molar-refractivity contribution in [2.75, 3.05) is 6.54 Å². The van der Waals surface area contributed by atoms with E-state index in [4.69, 9.17) is 10.8 Å². The minimum Gasteiger partial charge on any atom is -0.481 e. The molecule has 0 saturated heterocycles. The largest absolute Gasteiger partial charge is 0.481 e. The van der Waals surface area contributed by atoms with Gasteiger partial charge in [-0.25, -0.2) is 0 Å². The van der Waals surface area contributed by atoms with E-state index in [0.717, 1.165) is 0 Å². The molecule has 0 heterocycles. The van der Waals surface area contributed by atoms with Crippen molar-refractivity contribution < 1.29 is 19.6 Å². The van der Waals surface area contributed by atoms with Crippen LogP contribution in [0.15, 0.2) is 18.2 Å². The number of carboxylic acids is 1. The zero-order chi connectivity index (χ0) is 15.3. The third kappa shape index (κ3) is 4.02. The van der Waals surface area contributed by atoms with Gasteiger partial charge in [0.2, 0.25) is 5.91 Å². The molecule has 0 fully saturated rings. The Morgan fingerprint density at radius 1 is 1.50 bits per heavy atom. The fourth-order valence-electron chi connectivity index (χ4n) is 1.72. The lowest BCUT2D eigenvalue weighted by Gasteiger charge is -2.17. The predicted molar refractivity (Wildman–Crippen MR) is 70.0 cm³/mol. The Labute approximate surface area is 114 Å². The summed E-state index contributed by atoms with van der Waals surface area (Å²) in [4.78, 5) is 32.4. The van der Waals surface area contributed by atoms with Crippen LogP contribution in [-0.2, 0) is 9.59 Å². The number of nitrogens with zero attached hydrogens (tertiary/aromatic N) is 1. The standard InChI is InChI=1S/C12H15N3O5/c1-7-2-3-8(4-10(7)15(19)20)9(5-12(17)18)14-11(16)6-13/h2-4,9H,5-6,13H2,1H3,(H,14,16)(H,17,18). The molecule has 1 unspecified atom stereocenters. The van der Waals surface area contributed by atoms with Crippen LogP contribution in [0.2, 0.25) is 0 Å². The van der Waals surface area contributed by atoms with Gasteiger partial charge in [-0.3, -0.25) is 19.7 Å². The molecule has 1 aromatic rings. The average molecular weight is 281 g/mol. The van der Waals surface area contributed by atoms with E-state index < -0.39 is 22.8 Å². The zero-order valence-corrected chi connectivity index (χ0v) is 10.8. The van der Waals surface area contributed by atoms with E-state index in [-0.39, 0.29) is 18.7 Å². The van der Waals surface area contributed by atoms with E-state index in [0.29, 0.717) is 11.1 Å². The topological polar surface area (TPSA) is 136 Å². The predicted octanol–water partition coefficient (Wildman–Crippen LogP) is 0.494. The molecular formula is C12H15N3O5. The number of carboxylic acid groups (broad SMARTS) is 1. The number of nitro benzene ring substituents is 1. The van der Waals surface area contributed by atoms with Crippen LogP contribution in [0.4, 0.5) is 5.69 Å². The fraction of sp³-hybridized carbons (Fsp3) is 0.333. The molecule has 0 aromatic heterocycles. The first-order valence-corrected chi connectivity index (χ1v) is 5.81. The first-order chi connectivity index (χ1) is 9.35. The summed E-state index contributed by atoms with van der Waals surface area (Å²) in [6, 6.07) is 3.46. The fourth-order valence-corrected chi connectivity index (χ4v) is 1.72. The van der Waals surface area contributed by atoms with Crippen LogP contribution >= 0.6 is 0 Å². The van der Waals surface area contributed by atoms with Gasteiger partial charge in [0.05, 0.1) is 23.9 Å². The maximum absolute atomic E-state index is 11.3. The summed E-state index contributed by atoms with van der Waals surface area (Å²) in [5.74, 6) is -1.66. The summed E-state index contributed by atoms with van der Waals surface area (Å²) >= 11 is 0. The first kappa shape index (κ1) is 15.6. The number of carbonyl (C=O) groups excluding carboxylic acids is 1. The molecule has 0 aliphatic carbocycles. The number of hydrogen-bond acceptors (Lipinski definition) is 5. The second-order valence-corrected chi connectivity index (χ2v) is 4.23. The van der Waals surface area contributed by atoms with E-state index in [1.807, 2.05) is 0 Å². The first-order valence-electron chi connectivity index (χ1n) is 5.81. The average Bonchev–Trinajstić information content (AvgIpc) is 2.37. The van der Waals surface area contributed by atoms with E-state index >= 15 is 0 Å². The molecular weight excluding hydrogens is 266 g/mol. The van der Waals surface area contributed by atoms with Gasteiger partial charge in [0.25, 0.3) is 5.69 Å². The van der Waals surface area contributed by atoms with Crippen LogP contribution < -0.4 is 11.1 Å². The molecule has 0 bridgehead atoms. The number of carbonyl (C=O) groups is 2. The van der Waals surface area contributed by atoms with Gasteiger partial charge >= 0.3 is 5.97 Å². The minimum atomic E-state index is -1.13. The lowest BCUT2D eigenvalue weighted by Crippen LogP contribution is -2.34. The summed E-state index contributed by atoms with van der Waals surface area (Å²) in [6.07, 6.45) is -0.383. The number of nitrogens with two attached hydrogens (primary N) is 1. The quantitative estimate of drug-likeness (QED) is 0.513. The van der Waals surface area contributed by atoms with E-state index in [1.54, 1.807) is 13.0 Å². The van der Waals surface area contributed by atoms with Gasteiger partial charge in [-0.1, -0.05) is 12.1 Å². The van der Waals surface area contributed by atoms with Crippen molar-refractivity contribution in [2.24, 2.45) is 5.73 Å².